The number of rotatable bonds is 6. The monoisotopic (exact) mass is 417 g/mol. The first-order chi connectivity index (χ1) is 14.2. The van der Waals surface area contributed by atoms with Crippen molar-refractivity contribution in [3.05, 3.63) is 95.4 Å². The maximum Gasteiger partial charge on any atom is 0.266 e. The lowest BCUT2D eigenvalue weighted by Crippen LogP contribution is -2.27. The van der Waals surface area contributed by atoms with Crippen LogP contribution in [0.1, 0.15) is 11.1 Å². The summed E-state index contributed by atoms with van der Waals surface area (Å²) in [5, 5.41) is 2.37. The van der Waals surface area contributed by atoms with E-state index in [0.29, 0.717) is 22.4 Å². The number of thiocarbonyl (C=S) groups is 1. The van der Waals surface area contributed by atoms with E-state index in [2.05, 4.69) is 30.8 Å². The summed E-state index contributed by atoms with van der Waals surface area (Å²) in [7, 11) is 0. The lowest BCUT2D eigenvalue weighted by atomic mass is 10.1. The van der Waals surface area contributed by atoms with Crippen LogP contribution in [0.25, 0.3) is 16.8 Å². The van der Waals surface area contributed by atoms with Crippen LogP contribution in [-0.4, -0.2) is 21.7 Å². The number of amides is 1. The first-order valence-electron chi connectivity index (χ1n) is 9.22. The van der Waals surface area contributed by atoms with Crippen molar-refractivity contribution in [1.29, 1.82) is 0 Å². The van der Waals surface area contributed by atoms with Gasteiger partial charge in [-0.2, -0.15) is 0 Å². The van der Waals surface area contributed by atoms with Crippen molar-refractivity contribution in [2.45, 2.75) is 6.61 Å². The minimum atomic E-state index is -0.0937. The standard InChI is InChI=1S/C24H19NO2S2/c1-2-14-25-23(26)22(29-24(25)28)15-18-9-4-6-13-21(18)27-16-19-11-7-10-17-8-3-5-12-20(17)19/h2-13,15H,1,14,16H2. The van der Waals surface area contributed by atoms with E-state index in [-0.39, 0.29) is 5.91 Å². The molecule has 29 heavy (non-hydrogen) atoms. The number of ether oxygens (including phenoxy) is 1. The van der Waals surface area contributed by atoms with Gasteiger partial charge in [0, 0.05) is 12.1 Å². The number of hydrogen-bond donors (Lipinski definition) is 0. The molecule has 1 fully saturated rings. The Morgan fingerprint density at radius 2 is 1.79 bits per heavy atom. The summed E-state index contributed by atoms with van der Waals surface area (Å²) in [6.07, 6.45) is 3.52. The molecule has 1 saturated heterocycles. The average molecular weight is 418 g/mol. The third kappa shape index (κ3) is 4.11. The van der Waals surface area contributed by atoms with E-state index in [0.717, 1.165) is 16.9 Å². The second-order valence-electron chi connectivity index (χ2n) is 6.55. The second kappa shape index (κ2) is 8.64. The van der Waals surface area contributed by atoms with Crippen LogP contribution < -0.4 is 4.74 Å². The van der Waals surface area contributed by atoms with E-state index in [1.54, 1.807) is 11.0 Å². The predicted molar refractivity (Wildman–Crippen MR) is 125 cm³/mol. The Labute approximate surface area is 179 Å². The van der Waals surface area contributed by atoms with Crippen LogP contribution in [0.5, 0.6) is 5.75 Å². The summed E-state index contributed by atoms with van der Waals surface area (Å²) >= 11 is 6.62. The minimum Gasteiger partial charge on any atom is -0.488 e. The zero-order valence-corrected chi connectivity index (χ0v) is 17.3. The number of fused-ring (bicyclic) bond motifs is 1. The zero-order chi connectivity index (χ0) is 20.2. The van der Waals surface area contributed by atoms with Crippen molar-refractivity contribution in [1.82, 2.24) is 4.90 Å². The molecule has 1 amide bonds. The quantitative estimate of drug-likeness (QED) is 0.288. The van der Waals surface area contributed by atoms with Gasteiger partial charge in [-0.25, -0.2) is 0 Å². The molecule has 0 aromatic heterocycles. The highest BCUT2D eigenvalue weighted by Crippen LogP contribution is 2.34. The third-order valence-electron chi connectivity index (χ3n) is 4.65. The summed E-state index contributed by atoms with van der Waals surface area (Å²) < 4.78 is 6.70. The molecule has 0 radical (unpaired) electrons. The fraction of sp³-hybridized carbons (Fsp3) is 0.0833. The van der Waals surface area contributed by atoms with Gasteiger partial charge in [0.05, 0.1) is 4.91 Å². The molecule has 3 aromatic carbocycles. The van der Waals surface area contributed by atoms with Crippen LogP contribution in [-0.2, 0) is 11.4 Å². The van der Waals surface area contributed by atoms with Crippen molar-refractivity contribution >= 4 is 51.1 Å². The van der Waals surface area contributed by atoms with Crippen molar-refractivity contribution in [3.63, 3.8) is 0 Å². The van der Waals surface area contributed by atoms with Gasteiger partial charge in [-0.1, -0.05) is 90.7 Å². The Hall–Kier alpha value is -2.89. The van der Waals surface area contributed by atoms with Gasteiger partial charge in [-0.15, -0.1) is 6.58 Å². The Bertz CT molecular complexity index is 1130. The lowest BCUT2D eigenvalue weighted by molar-refractivity contribution is -0.121. The number of carbonyl (C=O) groups is 1. The molecule has 4 rings (SSSR count). The molecule has 144 valence electrons. The van der Waals surface area contributed by atoms with Crippen LogP contribution in [0.15, 0.2) is 84.3 Å². The molecule has 0 bridgehead atoms. The first kappa shape index (κ1) is 19.4. The number of thioether (sulfide) groups is 1. The summed E-state index contributed by atoms with van der Waals surface area (Å²) in [4.78, 5) is 14.8. The van der Waals surface area contributed by atoms with E-state index in [9.17, 15) is 4.79 Å². The van der Waals surface area contributed by atoms with Gasteiger partial charge in [0.2, 0.25) is 0 Å². The van der Waals surface area contributed by atoms with Gasteiger partial charge in [0.25, 0.3) is 5.91 Å². The molecule has 0 saturated carbocycles. The molecule has 1 aliphatic rings. The number of benzene rings is 3. The minimum absolute atomic E-state index is 0.0937. The van der Waals surface area contributed by atoms with Crippen molar-refractivity contribution in [2.75, 3.05) is 6.54 Å². The molecular formula is C24H19NO2S2. The van der Waals surface area contributed by atoms with Gasteiger partial charge in [0.1, 0.15) is 16.7 Å². The Morgan fingerprint density at radius 3 is 2.66 bits per heavy atom. The number of carbonyl (C=O) groups excluding carboxylic acids is 1. The van der Waals surface area contributed by atoms with Crippen molar-refractivity contribution in [2.24, 2.45) is 0 Å². The molecule has 1 aliphatic heterocycles. The van der Waals surface area contributed by atoms with Gasteiger partial charge >= 0.3 is 0 Å². The molecule has 5 heteroatoms. The molecule has 1 heterocycles. The van der Waals surface area contributed by atoms with Crippen molar-refractivity contribution in [3.8, 4) is 5.75 Å². The molecule has 3 nitrogen and oxygen atoms in total. The van der Waals surface area contributed by atoms with Crippen LogP contribution in [0, 0.1) is 0 Å². The molecular weight excluding hydrogens is 398 g/mol. The third-order valence-corrected chi connectivity index (χ3v) is 6.03. The highest BCUT2D eigenvalue weighted by molar-refractivity contribution is 8.26. The molecule has 0 spiro atoms. The van der Waals surface area contributed by atoms with E-state index in [1.807, 2.05) is 48.5 Å². The topological polar surface area (TPSA) is 29.5 Å². The number of para-hydroxylation sites is 1. The number of hydrogen-bond acceptors (Lipinski definition) is 4. The lowest BCUT2D eigenvalue weighted by Gasteiger charge is -2.12. The zero-order valence-electron chi connectivity index (χ0n) is 15.7. The normalized spacial score (nSPS) is 15.3. The SMILES string of the molecule is C=CCN1C(=O)C(=Cc2ccccc2OCc2cccc3ccccc23)SC1=S. The maximum atomic E-state index is 12.6. The van der Waals surface area contributed by atoms with Crippen LogP contribution in [0.4, 0.5) is 0 Å². The van der Waals surface area contributed by atoms with E-state index in [4.69, 9.17) is 17.0 Å². The second-order valence-corrected chi connectivity index (χ2v) is 8.22. The fourth-order valence-electron chi connectivity index (χ4n) is 3.23. The summed E-state index contributed by atoms with van der Waals surface area (Å²) in [6.45, 7) is 4.55. The predicted octanol–water partition coefficient (Wildman–Crippen LogP) is 5.81. The largest absolute Gasteiger partial charge is 0.488 e. The number of nitrogens with zero attached hydrogens (tertiary/aromatic N) is 1. The van der Waals surface area contributed by atoms with Gasteiger partial charge in [-0.05, 0) is 28.5 Å². The highest BCUT2D eigenvalue weighted by Gasteiger charge is 2.31. The van der Waals surface area contributed by atoms with Crippen LogP contribution in [0.2, 0.25) is 0 Å². The molecule has 0 aliphatic carbocycles. The first-order valence-corrected chi connectivity index (χ1v) is 10.4. The summed E-state index contributed by atoms with van der Waals surface area (Å²) in [5.41, 5.74) is 1.97. The smallest absolute Gasteiger partial charge is 0.266 e. The summed E-state index contributed by atoms with van der Waals surface area (Å²) in [5.74, 6) is 0.637. The molecule has 3 aromatic rings. The fourth-order valence-corrected chi connectivity index (χ4v) is 4.50. The average Bonchev–Trinajstić information content (AvgIpc) is 3.01. The molecule has 0 unspecified atom stereocenters. The van der Waals surface area contributed by atoms with Gasteiger partial charge in [0.15, 0.2) is 0 Å². The van der Waals surface area contributed by atoms with E-state index in [1.165, 1.54) is 22.5 Å². The van der Waals surface area contributed by atoms with E-state index < -0.39 is 0 Å². The van der Waals surface area contributed by atoms with Crippen molar-refractivity contribution < 1.29 is 9.53 Å². The molecule has 0 atom stereocenters. The Kier molecular flexibility index (Phi) is 5.79. The Balaban J connectivity index is 1.59. The highest BCUT2D eigenvalue weighted by atomic mass is 32.2. The van der Waals surface area contributed by atoms with Crippen LogP contribution in [0.3, 0.4) is 0 Å². The Morgan fingerprint density at radius 1 is 1.03 bits per heavy atom. The molecule has 0 N–H and O–H groups in total. The van der Waals surface area contributed by atoms with Crippen LogP contribution >= 0.6 is 24.0 Å². The van der Waals surface area contributed by atoms with Gasteiger partial charge in [-0.3, -0.25) is 9.69 Å². The van der Waals surface area contributed by atoms with E-state index >= 15 is 0 Å². The van der Waals surface area contributed by atoms with Gasteiger partial charge < -0.3 is 4.74 Å². The maximum absolute atomic E-state index is 12.6. The summed E-state index contributed by atoms with van der Waals surface area (Å²) in [6, 6.07) is 22.2.